The number of aryl methyl sites for hydroxylation is 1. The number of imide groups is 2. The van der Waals surface area contributed by atoms with Crippen molar-refractivity contribution in [3.63, 3.8) is 0 Å². The summed E-state index contributed by atoms with van der Waals surface area (Å²) in [6.07, 6.45) is 0.892. The Bertz CT molecular complexity index is 1380. The molecule has 3 atom stereocenters. The van der Waals surface area contributed by atoms with Crippen LogP contribution in [0, 0.1) is 12.3 Å². The number of anilines is 1. The summed E-state index contributed by atoms with van der Waals surface area (Å²) in [6.45, 7) is 5.94. The fraction of sp³-hybridized carbons (Fsp3) is 0.429. The van der Waals surface area contributed by atoms with E-state index < -0.39 is 35.4 Å². The number of fused-ring (bicyclic) bond motifs is 5. The van der Waals surface area contributed by atoms with Crippen LogP contribution in [-0.2, 0) is 20.7 Å². The number of halogens is 1. The van der Waals surface area contributed by atoms with Gasteiger partial charge in [0, 0.05) is 19.2 Å². The molecule has 3 unspecified atom stereocenters. The summed E-state index contributed by atoms with van der Waals surface area (Å²) in [5.74, 6) is -1.37. The second kappa shape index (κ2) is 7.20. The van der Waals surface area contributed by atoms with Crippen molar-refractivity contribution in [1.29, 1.82) is 0 Å². The van der Waals surface area contributed by atoms with E-state index in [0.717, 1.165) is 9.88 Å². The normalized spacial score (nSPS) is 25.8. The van der Waals surface area contributed by atoms with E-state index in [1.54, 1.807) is 13.1 Å². The van der Waals surface area contributed by atoms with Crippen LogP contribution in [0.25, 0.3) is 21.7 Å². The van der Waals surface area contributed by atoms with Gasteiger partial charge in [-0.2, -0.15) is 0 Å². The first-order valence-electron chi connectivity index (χ1n) is 10.7. The smallest absolute Gasteiger partial charge is 0.328 e. The number of barbiturate groups is 1. The standard InChI is InChI=1S/C21H19ClN6O5S/c1-7-6-28-15-10(4-21(17(28)8(2)32-7)18(29)25-20(31)26-19(21)30)24-14-13(11-5-23-9(3)34-11)27-33-16(14)12(15)22/h5,7-8,17H,4,6H2,1-3H3,(H2,25,26,29,30,31). The monoisotopic (exact) mass is 502 g/mol. The Kier molecular flexibility index (Phi) is 4.54. The highest BCUT2D eigenvalue weighted by atomic mass is 35.5. The number of ether oxygens (including phenoxy) is 1. The number of hydrogen-bond donors (Lipinski definition) is 2. The predicted molar refractivity (Wildman–Crippen MR) is 122 cm³/mol. The lowest BCUT2D eigenvalue weighted by Gasteiger charge is -2.55. The van der Waals surface area contributed by atoms with E-state index in [1.807, 2.05) is 18.7 Å². The zero-order chi connectivity index (χ0) is 23.9. The number of hydrogen-bond acceptors (Lipinski definition) is 10. The number of amides is 4. The number of nitrogens with one attached hydrogen (secondary N) is 2. The van der Waals surface area contributed by atoms with Crippen LogP contribution < -0.4 is 15.5 Å². The van der Waals surface area contributed by atoms with Gasteiger partial charge in [0.1, 0.15) is 10.5 Å². The summed E-state index contributed by atoms with van der Waals surface area (Å²) in [7, 11) is 0. The molecule has 4 amide bonds. The Morgan fingerprint density at radius 2 is 1.97 bits per heavy atom. The maximum Gasteiger partial charge on any atom is 0.328 e. The molecule has 2 fully saturated rings. The number of aromatic nitrogens is 3. The number of rotatable bonds is 1. The molecule has 3 aliphatic rings. The third kappa shape index (κ3) is 2.79. The summed E-state index contributed by atoms with van der Waals surface area (Å²) in [6, 6.07) is -1.56. The van der Waals surface area contributed by atoms with Gasteiger partial charge >= 0.3 is 6.03 Å². The molecular formula is C21H19ClN6O5S. The summed E-state index contributed by atoms with van der Waals surface area (Å²) in [4.78, 5) is 50.2. The highest BCUT2D eigenvalue weighted by Crippen LogP contribution is 2.50. The Labute approximate surface area is 201 Å². The molecule has 1 spiro atoms. The number of urea groups is 1. The number of carbonyl (C=O) groups excluding carboxylic acids is 3. The van der Waals surface area contributed by atoms with Crippen LogP contribution in [0.5, 0.6) is 0 Å². The van der Waals surface area contributed by atoms with Gasteiger partial charge in [0.25, 0.3) is 0 Å². The van der Waals surface area contributed by atoms with Gasteiger partial charge in [0.15, 0.2) is 11.1 Å². The summed E-state index contributed by atoms with van der Waals surface area (Å²) in [5.41, 5.74) is 0.604. The zero-order valence-corrected chi connectivity index (χ0v) is 19.9. The molecule has 2 N–H and O–H groups in total. The number of pyridine rings is 1. The second-order valence-electron chi connectivity index (χ2n) is 8.81. The molecule has 6 rings (SSSR count). The minimum atomic E-state index is -1.64. The lowest BCUT2D eigenvalue weighted by Crippen LogP contribution is -2.75. The molecule has 3 aromatic heterocycles. The highest BCUT2D eigenvalue weighted by molar-refractivity contribution is 7.15. The molecule has 0 aliphatic carbocycles. The van der Waals surface area contributed by atoms with Crippen LogP contribution in [0.4, 0.5) is 10.5 Å². The largest absolute Gasteiger partial charge is 0.372 e. The van der Waals surface area contributed by atoms with Gasteiger partial charge < -0.3 is 14.2 Å². The van der Waals surface area contributed by atoms with Crippen LogP contribution in [-0.4, -0.2) is 57.8 Å². The maximum absolute atomic E-state index is 13.3. The third-order valence-corrected chi connectivity index (χ3v) is 7.90. The van der Waals surface area contributed by atoms with Crippen LogP contribution in [0.3, 0.4) is 0 Å². The van der Waals surface area contributed by atoms with Crippen molar-refractivity contribution in [2.75, 3.05) is 11.4 Å². The maximum atomic E-state index is 13.3. The summed E-state index contributed by atoms with van der Waals surface area (Å²) in [5, 5.41) is 9.87. The van der Waals surface area contributed by atoms with Gasteiger partial charge in [-0.05, 0) is 20.8 Å². The van der Waals surface area contributed by atoms with Crippen LogP contribution in [0.2, 0.25) is 5.02 Å². The van der Waals surface area contributed by atoms with E-state index in [0.29, 0.717) is 39.7 Å². The van der Waals surface area contributed by atoms with Crippen molar-refractivity contribution >= 4 is 57.6 Å². The van der Waals surface area contributed by atoms with Crippen molar-refractivity contribution in [3.05, 3.63) is 21.9 Å². The molecule has 2 saturated heterocycles. The Hall–Kier alpha value is -3.09. The van der Waals surface area contributed by atoms with E-state index in [-0.39, 0.29) is 12.5 Å². The van der Waals surface area contributed by atoms with Gasteiger partial charge in [0.05, 0.1) is 39.5 Å². The molecule has 0 aromatic carbocycles. The molecule has 176 valence electrons. The van der Waals surface area contributed by atoms with Crippen molar-refractivity contribution in [2.24, 2.45) is 5.41 Å². The number of carbonyl (C=O) groups is 3. The molecule has 6 heterocycles. The van der Waals surface area contributed by atoms with E-state index in [1.165, 1.54) is 11.3 Å². The quantitative estimate of drug-likeness (QED) is 0.479. The van der Waals surface area contributed by atoms with Crippen molar-refractivity contribution in [3.8, 4) is 10.6 Å². The average Bonchev–Trinajstić information content (AvgIpc) is 3.37. The molecule has 3 aromatic rings. The van der Waals surface area contributed by atoms with Gasteiger partial charge in [-0.3, -0.25) is 20.2 Å². The fourth-order valence-corrected chi connectivity index (χ4v) is 6.49. The average molecular weight is 503 g/mol. The molecule has 13 heteroatoms. The third-order valence-electron chi connectivity index (χ3n) is 6.63. The van der Waals surface area contributed by atoms with Crippen molar-refractivity contribution in [1.82, 2.24) is 25.8 Å². The molecule has 0 bridgehead atoms. The van der Waals surface area contributed by atoms with Gasteiger partial charge in [-0.25, -0.2) is 14.8 Å². The molecular weight excluding hydrogens is 484 g/mol. The lowest BCUT2D eigenvalue weighted by atomic mass is 9.67. The van der Waals surface area contributed by atoms with E-state index in [2.05, 4.69) is 20.8 Å². The minimum absolute atomic E-state index is 0.0709. The van der Waals surface area contributed by atoms with Gasteiger partial charge in [-0.1, -0.05) is 16.8 Å². The summed E-state index contributed by atoms with van der Waals surface area (Å²) >= 11 is 8.32. The first kappa shape index (κ1) is 21.4. The molecule has 0 saturated carbocycles. The summed E-state index contributed by atoms with van der Waals surface area (Å²) < 4.78 is 11.6. The Balaban J connectivity index is 1.60. The van der Waals surface area contributed by atoms with E-state index in [4.69, 9.17) is 25.8 Å². The topological polar surface area (TPSA) is 140 Å². The second-order valence-corrected chi connectivity index (χ2v) is 10.4. The minimum Gasteiger partial charge on any atom is -0.372 e. The van der Waals surface area contributed by atoms with Crippen molar-refractivity contribution < 1.29 is 23.6 Å². The first-order chi connectivity index (χ1) is 16.2. The molecule has 11 nitrogen and oxygen atoms in total. The molecule has 0 radical (unpaired) electrons. The first-order valence-corrected chi connectivity index (χ1v) is 11.9. The van der Waals surface area contributed by atoms with Gasteiger partial charge in [0.2, 0.25) is 17.4 Å². The molecule has 34 heavy (non-hydrogen) atoms. The van der Waals surface area contributed by atoms with Crippen LogP contribution in [0.1, 0.15) is 24.5 Å². The zero-order valence-electron chi connectivity index (χ0n) is 18.3. The van der Waals surface area contributed by atoms with Crippen LogP contribution in [0.15, 0.2) is 10.7 Å². The SMILES string of the molecule is Cc1ncc(-c2noc3c(Cl)c4c(nc23)CC2(C(=O)NC(=O)NC2=O)C2C(C)OC(C)CN42)s1. The van der Waals surface area contributed by atoms with Crippen molar-refractivity contribution in [2.45, 2.75) is 45.4 Å². The fourth-order valence-electron chi connectivity index (χ4n) is 5.39. The van der Waals surface area contributed by atoms with E-state index >= 15 is 0 Å². The van der Waals surface area contributed by atoms with E-state index in [9.17, 15) is 14.4 Å². The number of morpholine rings is 1. The van der Waals surface area contributed by atoms with Crippen LogP contribution >= 0.6 is 22.9 Å². The Morgan fingerprint density at radius 3 is 2.65 bits per heavy atom. The molecule has 3 aliphatic heterocycles. The Morgan fingerprint density at radius 1 is 1.24 bits per heavy atom. The highest BCUT2D eigenvalue weighted by Gasteiger charge is 2.63. The number of thiazole rings is 1. The lowest BCUT2D eigenvalue weighted by molar-refractivity contribution is -0.153. The number of nitrogens with zero attached hydrogens (tertiary/aromatic N) is 4. The van der Waals surface area contributed by atoms with Gasteiger partial charge in [-0.15, -0.1) is 11.3 Å². The predicted octanol–water partition coefficient (Wildman–Crippen LogP) is 2.20.